The molecular weight excluding hydrogens is 997 g/mol. The molecule has 0 aromatic carbocycles. The summed E-state index contributed by atoms with van der Waals surface area (Å²) in [5.41, 5.74) is 0. The highest BCUT2D eigenvalue weighted by molar-refractivity contribution is 5.71. The van der Waals surface area contributed by atoms with E-state index in [-0.39, 0.29) is 31.1 Å². The van der Waals surface area contributed by atoms with E-state index in [4.69, 9.17) is 14.2 Å². The lowest BCUT2D eigenvalue weighted by Gasteiger charge is -2.18. The van der Waals surface area contributed by atoms with E-state index in [1.807, 2.05) is 0 Å². The van der Waals surface area contributed by atoms with Gasteiger partial charge in [-0.2, -0.15) is 0 Å². The zero-order valence-corrected chi connectivity index (χ0v) is 55.4. The summed E-state index contributed by atoms with van der Waals surface area (Å²) in [4.78, 5) is 38.3. The van der Waals surface area contributed by atoms with Crippen LogP contribution in [0.25, 0.3) is 0 Å². The van der Waals surface area contributed by atoms with Crippen molar-refractivity contribution >= 4 is 17.9 Å². The van der Waals surface area contributed by atoms with Gasteiger partial charge in [-0.25, -0.2) is 0 Å². The lowest BCUT2D eigenvalue weighted by molar-refractivity contribution is -0.167. The Kier molecular flexibility index (Phi) is 69.0. The van der Waals surface area contributed by atoms with Crippen LogP contribution < -0.4 is 0 Å². The molecule has 0 aliphatic heterocycles. The molecule has 0 saturated heterocycles. The monoisotopic (exact) mass is 1140 g/mol. The van der Waals surface area contributed by atoms with E-state index in [9.17, 15) is 14.4 Å². The van der Waals surface area contributed by atoms with E-state index in [1.165, 1.54) is 327 Å². The van der Waals surface area contributed by atoms with Crippen LogP contribution >= 0.6 is 0 Å². The SMILES string of the molecule is CCCCCCCC/C=C\CCCCCCCC(=O)OC(COC(=O)CCCCCCCCCCCCCCC)COC(=O)CCCCCCCCCCCCCCCCCCCCCCCCCCCCCCCCCCCCC. The van der Waals surface area contributed by atoms with Gasteiger partial charge < -0.3 is 14.2 Å². The van der Waals surface area contributed by atoms with E-state index < -0.39 is 6.10 Å². The van der Waals surface area contributed by atoms with Gasteiger partial charge in [0.05, 0.1) is 0 Å². The Morgan fingerprint density at radius 3 is 0.617 bits per heavy atom. The third-order valence-corrected chi connectivity index (χ3v) is 17.3. The Morgan fingerprint density at radius 2 is 0.407 bits per heavy atom. The molecule has 6 nitrogen and oxygen atoms in total. The van der Waals surface area contributed by atoms with Gasteiger partial charge >= 0.3 is 17.9 Å². The lowest BCUT2D eigenvalue weighted by Crippen LogP contribution is -2.30. The second-order valence-corrected chi connectivity index (χ2v) is 25.6. The third-order valence-electron chi connectivity index (χ3n) is 17.3. The number of hydrogen-bond donors (Lipinski definition) is 0. The zero-order valence-electron chi connectivity index (χ0n) is 55.4. The molecule has 6 heteroatoms. The highest BCUT2D eigenvalue weighted by Gasteiger charge is 2.20. The number of ether oxygens (including phenoxy) is 3. The van der Waals surface area contributed by atoms with Crippen molar-refractivity contribution in [1.29, 1.82) is 0 Å². The van der Waals surface area contributed by atoms with Crippen molar-refractivity contribution in [3.63, 3.8) is 0 Å². The molecule has 0 heterocycles. The van der Waals surface area contributed by atoms with Crippen LogP contribution in [0.3, 0.4) is 0 Å². The van der Waals surface area contributed by atoms with Gasteiger partial charge in [-0.3, -0.25) is 14.4 Å². The summed E-state index contributed by atoms with van der Waals surface area (Å²) >= 11 is 0. The molecule has 0 aliphatic carbocycles. The minimum absolute atomic E-state index is 0.0668. The first-order chi connectivity index (χ1) is 40.0. The van der Waals surface area contributed by atoms with Gasteiger partial charge in [-0.1, -0.05) is 380 Å². The van der Waals surface area contributed by atoms with Crippen molar-refractivity contribution in [2.24, 2.45) is 0 Å². The summed E-state index contributed by atoms with van der Waals surface area (Å²) in [6.45, 7) is 6.71. The summed E-state index contributed by atoms with van der Waals surface area (Å²) in [5.74, 6) is -0.843. The van der Waals surface area contributed by atoms with Crippen molar-refractivity contribution in [2.75, 3.05) is 13.2 Å². The van der Waals surface area contributed by atoms with E-state index in [0.29, 0.717) is 19.3 Å². The summed E-state index contributed by atoms with van der Waals surface area (Å²) in [6.07, 6.45) is 85.7. The van der Waals surface area contributed by atoms with Crippen LogP contribution in [0.15, 0.2) is 12.2 Å². The first kappa shape index (κ1) is 79.2. The zero-order chi connectivity index (χ0) is 58.5. The summed E-state index contributed by atoms with van der Waals surface area (Å²) < 4.78 is 17.0. The fraction of sp³-hybridized carbons (Fsp3) is 0.933. The molecule has 1 unspecified atom stereocenters. The quantitative estimate of drug-likeness (QED) is 0.0261. The van der Waals surface area contributed by atoms with Gasteiger partial charge in [0.1, 0.15) is 13.2 Å². The van der Waals surface area contributed by atoms with Gasteiger partial charge in [-0.05, 0) is 44.9 Å². The molecule has 0 aromatic rings. The van der Waals surface area contributed by atoms with Gasteiger partial charge in [0.2, 0.25) is 0 Å². The molecule has 0 saturated carbocycles. The first-order valence-electron chi connectivity index (χ1n) is 37.2. The Labute approximate surface area is 507 Å². The van der Waals surface area contributed by atoms with Crippen LogP contribution in [0.2, 0.25) is 0 Å². The molecule has 81 heavy (non-hydrogen) atoms. The average molecular weight is 1140 g/mol. The van der Waals surface area contributed by atoms with Crippen LogP contribution in [-0.2, 0) is 28.6 Å². The summed E-state index contributed by atoms with van der Waals surface area (Å²) in [5, 5.41) is 0. The van der Waals surface area contributed by atoms with Crippen LogP contribution in [-0.4, -0.2) is 37.2 Å². The number of carbonyl (C=O) groups excluding carboxylic acids is 3. The Balaban J connectivity index is 4.01. The molecule has 0 N–H and O–H groups in total. The van der Waals surface area contributed by atoms with Crippen LogP contribution in [0.1, 0.15) is 432 Å². The van der Waals surface area contributed by atoms with Crippen molar-refractivity contribution in [2.45, 2.75) is 438 Å². The molecule has 0 amide bonds. The molecule has 0 aromatic heterocycles. The average Bonchev–Trinajstić information content (AvgIpc) is 3.46. The maximum atomic E-state index is 12.9. The lowest BCUT2D eigenvalue weighted by atomic mass is 10.0. The number of esters is 3. The third kappa shape index (κ3) is 68.8. The van der Waals surface area contributed by atoms with Gasteiger partial charge in [0.15, 0.2) is 6.10 Å². The summed E-state index contributed by atoms with van der Waals surface area (Å²) in [6, 6.07) is 0. The summed E-state index contributed by atoms with van der Waals surface area (Å²) in [7, 11) is 0. The van der Waals surface area contributed by atoms with Crippen molar-refractivity contribution in [1.82, 2.24) is 0 Å². The Morgan fingerprint density at radius 1 is 0.235 bits per heavy atom. The molecule has 0 spiro atoms. The second kappa shape index (κ2) is 70.6. The predicted octanol–water partition coefficient (Wildman–Crippen LogP) is 25.6. The minimum atomic E-state index is -0.770. The van der Waals surface area contributed by atoms with E-state index in [1.54, 1.807) is 0 Å². The Bertz CT molecular complexity index is 1260. The molecule has 480 valence electrons. The first-order valence-corrected chi connectivity index (χ1v) is 37.2. The molecule has 0 fully saturated rings. The number of rotatable bonds is 70. The number of unbranched alkanes of at least 4 members (excludes halogenated alkanes) is 57. The van der Waals surface area contributed by atoms with Crippen LogP contribution in [0.5, 0.6) is 0 Å². The van der Waals surface area contributed by atoms with E-state index in [2.05, 4.69) is 32.9 Å². The predicted molar refractivity (Wildman–Crippen MR) is 353 cm³/mol. The fourth-order valence-electron chi connectivity index (χ4n) is 11.7. The van der Waals surface area contributed by atoms with Crippen LogP contribution in [0.4, 0.5) is 0 Å². The molecule has 0 rings (SSSR count). The van der Waals surface area contributed by atoms with Gasteiger partial charge in [0.25, 0.3) is 0 Å². The number of carbonyl (C=O) groups is 3. The van der Waals surface area contributed by atoms with Crippen molar-refractivity contribution in [3.8, 4) is 0 Å². The molecule has 1 atom stereocenters. The van der Waals surface area contributed by atoms with Crippen LogP contribution in [0, 0.1) is 0 Å². The molecular formula is C75H144O6. The normalized spacial score (nSPS) is 12.0. The molecule has 0 radical (unpaired) electrons. The smallest absolute Gasteiger partial charge is 0.306 e. The molecule has 0 bridgehead atoms. The highest BCUT2D eigenvalue weighted by Crippen LogP contribution is 2.20. The number of allylic oxidation sites excluding steroid dienone is 2. The maximum absolute atomic E-state index is 12.9. The number of hydrogen-bond acceptors (Lipinski definition) is 6. The standard InChI is InChI=1S/C75H144O6/c1-4-7-10-13-16-19-22-25-27-28-29-30-31-32-33-34-35-36-37-38-39-40-41-42-43-44-45-46-48-50-53-56-59-62-65-68-74(77)80-71-72(70-79-73(76)67-64-61-58-55-52-49-24-21-18-15-12-9-6-3)81-75(78)69-66-63-60-57-54-51-47-26-23-20-17-14-11-8-5-2/h26,47,72H,4-25,27-46,48-71H2,1-3H3/b47-26-. The molecule has 0 aliphatic rings. The largest absolute Gasteiger partial charge is 0.462 e. The second-order valence-electron chi connectivity index (χ2n) is 25.6. The van der Waals surface area contributed by atoms with E-state index in [0.717, 1.165) is 64.2 Å². The van der Waals surface area contributed by atoms with E-state index >= 15 is 0 Å². The van der Waals surface area contributed by atoms with Crippen molar-refractivity contribution in [3.05, 3.63) is 12.2 Å². The van der Waals surface area contributed by atoms with Gasteiger partial charge in [0, 0.05) is 19.3 Å². The Hall–Kier alpha value is -1.85. The van der Waals surface area contributed by atoms with Crippen molar-refractivity contribution < 1.29 is 28.6 Å². The fourth-order valence-corrected chi connectivity index (χ4v) is 11.7. The topological polar surface area (TPSA) is 78.9 Å². The minimum Gasteiger partial charge on any atom is -0.462 e. The maximum Gasteiger partial charge on any atom is 0.306 e. The van der Waals surface area contributed by atoms with Gasteiger partial charge in [-0.15, -0.1) is 0 Å². The highest BCUT2D eigenvalue weighted by atomic mass is 16.6.